The summed E-state index contributed by atoms with van der Waals surface area (Å²) in [6.45, 7) is 3.92. The highest BCUT2D eigenvalue weighted by Crippen LogP contribution is 2.34. The van der Waals surface area contributed by atoms with Crippen molar-refractivity contribution >= 4 is 44.8 Å². The first-order valence-corrected chi connectivity index (χ1v) is 9.85. The molecule has 1 atom stereocenters. The minimum Gasteiger partial charge on any atom is -0.342 e. The summed E-state index contributed by atoms with van der Waals surface area (Å²) in [5, 5.41) is 3.98. The summed E-state index contributed by atoms with van der Waals surface area (Å²) < 4.78 is 0.948. The van der Waals surface area contributed by atoms with Gasteiger partial charge in [-0.1, -0.05) is 59.6 Å². The van der Waals surface area contributed by atoms with E-state index in [2.05, 4.69) is 5.32 Å². The summed E-state index contributed by atoms with van der Waals surface area (Å²) >= 11 is 7.66. The number of halogens is 1. The number of aryl methyl sites for hydroxylation is 1. The van der Waals surface area contributed by atoms with Crippen molar-refractivity contribution in [3.63, 3.8) is 0 Å². The van der Waals surface area contributed by atoms with Gasteiger partial charge in [0.2, 0.25) is 5.91 Å². The van der Waals surface area contributed by atoms with Crippen molar-refractivity contribution in [1.82, 2.24) is 10.2 Å². The van der Waals surface area contributed by atoms with E-state index >= 15 is 0 Å². The van der Waals surface area contributed by atoms with Crippen molar-refractivity contribution in [1.29, 1.82) is 0 Å². The second-order valence-corrected chi connectivity index (χ2v) is 7.95. The van der Waals surface area contributed by atoms with E-state index in [-0.39, 0.29) is 24.4 Å². The number of carbonyl (C=O) groups is 2. The monoisotopic (exact) mass is 400 g/mol. The number of rotatable bonds is 5. The molecule has 2 amide bonds. The van der Waals surface area contributed by atoms with Gasteiger partial charge >= 0.3 is 0 Å². The molecule has 0 saturated heterocycles. The summed E-state index contributed by atoms with van der Waals surface area (Å²) in [5.41, 5.74) is 2.22. The van der Waals surface area contributed by atoms with E-state index in [0.717, 1.165) is 15.6 Å². The molecule has 1 N–H and O–H groups in total. The average molecular weight is 401 g/mol. The summed E-state index contributed by atoms with van der Waals surface area (Å²) in [6, 6.07) is 15.6. The van der Waals surface area contributed by atoms with Crippen LogP contribution in [-0.2, 0) is 4.79 Å². The Morgan fingerprint density at radius 3 is 2.48 bits per heavy atom. The number of hydrogen-bond donors (Lipinski definition) is 1. The zero-order chi connectivity index (χ0) is 19.6. The third-order valence-corrected chi connectivity index (χ3v) is 6.35. The number of fused-ring (bicyclic) bond motifs is 1. The molecule has 1 aromatic heterocycles. The Morgan fingerprint density at radius 1 is 1.15 bits per heavy atom. The third-order valence-electron chi connectivity index (χ3n) is 4.68. The molecular formula is C21H21ClN2O2S. The Bertz CT molecular complexity index is 982. The fourth-order valence-corrected chi connectivity index (χ4v) is 4.24. The van der Waals surface area contributed by atoms with Crippen molar-refractivity contribution in [2.24, 2.45) is 0 Å². The lowest BCUT2D eigenvalue weighted by molar-refractivity contribution is -0.130. The lowest BCUT2D eigenvalue weighted by Crippen LogP contribution is -2.39. The van der Waals surface area contributed by atoms with Gasteiger partial charge in [-0.25, -0.2) is 0 Å². The minimum atomic E-state index is -0.328. The molecule has 140 valence electrons. The van der Waals surface area contributed by atoms with Crippen molar-refractivity contribution < 1.29 is 9.59 Å². The van der Waals surface area contributed by atoms with Crippen LogP contribution >= 0.6 is 22.9 Å². The van der Waals surface area contributed by atoms with Crippen LogP contribution in [0.15, 0.2) is 48.5 Å². The first-order chi connectivity index (χ1) is 12.9. The SMILES string of the molecule is Cc1ccc(C(C)N(C)C(=O)CNC(=O)c2sc3ccccc3c2Cl)cc1. The lowest BCUT2D eigenvalue weighted by Gasteiger charge is -2.25. The molecule has 2 aromatic carbocycles. The number of carbonyl (C=O) groups excluding carboxylic acids is 2. The van der Waals surface area contributed by atoms with E-state index in [0.29, 0.717) is 9.90 Å². The van der Waals surface area contributed by atoms with Gasteiger partial charge in [0.15, 0.2) is 0 Å². The van der Waals surface area contributed by atoms with E-state index in [1.54, 1.807) is 11.9 Å². The van der Waals surface area contributed by atoms with Gasteiger partial charge in [0.05, 0.1) is 17.6 Å². The van der Waals surface area contributed by atoms with Crippen molar-refractivity contribution in [2.45, 2.75) is 19.9 Å². The molecular weight excluding hydrogens is 380 g/mol. The van der Waals surface area contributed by atoms with E-state index in [4.69, 9.17) is 11.6 Å². The maximum Gasteiger partial charge on any atom is 0.263 e. The van der Waals surface area contributed by atoms with Crippen LogP contribution in [0.1, 0.15) is 33.8 Å². The fourth-order valence-electron chi connectivity index (χ4n) is 2.81. The van der Waals surface area contributed by atoms with Gasteiger partial charge in [0.25, 0.3) is 5.91 Å². The molecule has 0 aliphatic heterocycles. The van der Waals surface area contributed by atoms with Crippen molar-refractivity contribution in [2.75, 3.05) is 13.6 Å². The van der Waals surface area contributed by atoms with Gasteiger partial charge in [0, 0.05) is 17.1 Å². The largest absolute Gasteiger partial charge is 0.342 e. The Labute approximate surface area is 167 Å². The number of thiophene rings is 1. The van der Waals surface area contributed by atoms with Crippen LogP contribution < -0.4 is 5.32 Å². The van der Waals surface area contributed by atoms with Crippen LogP contribution in [0.2, 0.25) is 5.02 Å². The fraction of sp³-hybridized carbons (Fsp3) is 0.238. The molecule has 0 aliphatic carbocycles. The highest BCUT2D eigenvalue weighted by Gasteiger charge is 2.20. The Balaban J connectivity index is 1.64. The second kappa shape index (κ2) is 8.11. The standard InChI is InChI=1S/C21H21ClN2O2S/c1-13-8-10-15(11-9-13)14(2)24(3)18(25)12-23-21(26)20-19(22)16-6-4-5-7-17(16)27-20/h4-11,14H,12H2,1-3H3,(H,23,26). The second-order valence-electron chi connectivity index (χ2n) is 6.52. The topological polar surface area (TPSA) is 49.4 Å². The van der Waals surface area contributed by atoms with Crippen molar-refractivity contribution in [3.8, 4) is 0 Å². The van der Waals surface area contributed by atoms with Gasteiger partial charge < -0.3 is 10.2 Å². The zero-order valence-electron chi connectivity index (χ0n) is 15.5. The summed E-state index contributed by atoms with van der Waals surface area (Å²) in [5.74, 6) is -0.486. The summed E-state index contributed by atoms with van der Waals surface area (Å²) in [6.07, 6.45) is 0. The molecule has 3 rings (SSSR count). The molecule has 0 aliphatic rings. The van der Waals surface area contributed by atoms with Gasteiger partial charge in [-0.2, -0.15) is 0 Å². The van der Waals surface area contributed by atoms with Crippen LogP contribution in [0.3, 0.4) is 0 Å². The number of benzene rings is 2. The van der Waals surface area contributed by atoms with Crippen LogP contribution in [0.25, 0.3) is 10.1 Å². The quantitative estimate of drug-likeness (QED) is 0.667. The Morgan fingerprint density at radius 2 is 1.81 bits per heavy atom. The van der Waals surface area contributed by atoms with E-state index in [1.165, 1.54) is 16.9 Å². The van der Waals surface area contributed by atoms with Crippen LogP contribution in [0.4, 0.5) is 0 Å². The summed E-state index contributed by atoms with van der Waals surface area (Å²) in [7, 11) is 1.74. The number of hydrogen-bond acceptors (Lipinski definition) is 3. The molecule has 0 fully saturated rings. The Kier molecular flexibility index (Phi) is 5.82. The summed E-state index contributed by atoms with van der Waals surface area (Å²) in [4.78, 5) is 27.0. The number of nitrogens with one attached hydrogen (secondary N) is 1. The van der Waals surface area contributed by atoms with Crippen LogP contribution in [0.5, 0.6) is 0 Å². The highest BCUT2D eigenvalue weighted by molar-refractivity contribution is 7.21. The maximum absolute atomic E-state index is 12.5. The predicted octanol–water partition coefficient (Wildman–Crippen LogP) is 4.81. The average Bonchev–Trinajstić information content (AvgIpc) is 3.02. The molecule has 0 saturated carbocycles. The van der Waals surface area contributed by atoms with Gasteiger partial charge in [-0.05, 0) is 25.5 Å². The van der Waals surface area contributed by atoms with E-state index in [1.807, 2.05) is 62.4 Å². The van der Waals surface area contributed by atoms with Gasteiger partial charge in [-0.15, -0.1) is 11.3 Å². The Hall–Kier alpha value is -2.37. The molecule has 27 heavy (non-hydrogen) atoms. The molecule has 4 nitrogen and oxygen atoms in total. The number of nitrogens with zero attached hydrogens (tertiary/aromatic N) is 1. The first-order valence-electron chi connectivity index (χ1n) is 8.66. The predicted molar refractivity (Wildman–Crippen MR) is 112 cm³/mol. The molecule has 6 heteroatoms. The zero-order valence-corrected chi connectivity index (χ0v) is 17.0. The first kappa shape index (κ1) is 19.4. The van der Waals surface area contributed by atoms with Crippen molar-refractivity contribution in [3.05, 3.63) is 69.6 Å². The third kappa shape index (κ3) is 4.15. The normalized spacial score (nSPS) is 12.0. The number of likely N-dealkylation sites (N-methyl/N-ethyl adjacent to an activating group) is 1. The molecule has 1 heterocycles. The molecule has 1 unspecified atom stereocenters. The van der Waals surface area contributed by atoms with E-state index < -0.39 is 0 Å². The molecule has 0 bridgehead atoms. The smallest absolute Gasteiger partial charge is 0.263 e. The number of amides is 2. The maximum atomic E-state index is 12.5. The van der Waals surface area contributed by atoms with Crippen LogP contribution in [0, 0.1) is 6.92 Å². The van der Waals surface area contributed by atoms with Crippen LogP contribution in [-0.4, -0.2) is 30.3 Å². The highest BCUT2D eigenvalue weighted by atomic mass is 35.5. The van der Waals surface area contributed by atoms with Gasteiger partial charge in [-0.3, -0.25) is 9.59 Å². The molecule has 3 aromatic rings. The van der Waals surface area contributed by atoms with E-state index in [9.17, 15) is 9.59 Å². The van der Waals surface area contributed by atoms with Gasteiger partial charge in [0.1, 0.15) is 4.88 Å². The minimum absolute atomic E-state index is 0.0733. The lowest BCUT2D eigenvalue weighted by atomic mass is 10.1. The molecule has 0 radical (unpaired) electrons. The molecule has 0 spiro atoms.